The third-order valence-electron chi connectivity index (χ3n) is 1.23. The summed E-state index contributed by atoms with van der Waals surface area (Å²) < 4.78 is 0. The summed E-state index contributed by atoms with van der Waals surface area (Å²) in [6, 6.07) is 3.98. The van der Waals surface area contributed by atoms with Gasteiger partial charge in [0.05, 0.1) is 0 Å². The molecule has 12 heavy (non-hydrogen) atoms. The van der Waals surface area contributed by atoms with E-state index in [4.69, 9.17) is 0 Å². The van der Waals surface area contributed by atoms with Crippen LogP contribution < -0.4 is 5.32 Å². The Labute approximate surface area is 89.4 Å². The van der Waals surface area contributed by atoms with E-state index in [0.717, 1.165) is 5.82 Å². The Morgan fingerprint density at radius 1 is 1.42 bits per heavy atom. The lowest BCUT2D eigenvalue weighted by molar-refractivity contribution is 1.21. The van der Waals surface area contributed by atoms with Crippen LogP contribution in [0.25, 0.3) is 0 Å². The molecule has 0 aliphatic carbocycles. The number of rotatable bonds is 2. The highest BCUT2D eigenvalue weighted by atomic mass is 35.5. The largest absolute Gasteiger partial charge is 0.372 e. The maximum absolute atomic E-state index is 4.14. The van der Waals surface area contributed by atoms with E-state index in [2.05, 4.69) is 10.3 Å². The zero-order valence-corrected chi connectivity index (χ0v) is 9.35. The molecule has 2 nitrogen and oxygen atoms in total. The highest BCUT2D eigenvalue weighted by Gasteiger charge is 1.96. The number of anilines is 1. The van der Waals surface area contributed by atoms with Crippen LogP contribution in [0.3, 0.4) is 0 Å². The first-order valence-electron chi connectivity index (χ1n) is 3.05. The van der Waals surface area contributed by atoms with Crippen LogP contribution in [0.1, 0.15) is 0 Å². The minimum atomic E-state index is 0. The summed E-state index contributed by atoms with van der Waals surface area (Å²) in [6.45, 7) is 0. The molecule has 0 unspecified atom stereocenters. The Bertz CT molecular complexity index is 197. The van der Waals surface area contributed by atoms with E-state index < -0.39 is 0 Å². The van der Waals surface area contributed by atoms with Gasteiger partial charge in [0.15, 0.2) is 0 Å². The standard InChI is InChI=1S/C7H10N2S.2ClH/c1-8-7-6(10-2)4-3-5-9-7;;/h3-5H,1-2H3,(H,8,9);2*1H. The summed E-state index contributed by atoms with van der Waals surface area (Å²) in [5.74, 6) is 0.954. The Morgan fingerprint density at radius 2 is 2.08 bits per heavy atom. The van der Waals surface area contributed by atoms with E-state index in [9.17, 15) is 0 Å². The summed E-state index contributed by atoms with van der Waals surface area (Å²) in [7, 11) is 1.88. The number of halogens is 2. The topological polar surface area (TPSA) is 24.9 Å². The fourth-order valence-electron chi connectivity index (χ4n) is 0.743. The monoisotopic (exact) mass is 226 g/mol. The summed E-state index contributed by atoms with van der Waals surface area (Å²) in [5.41, 5.74) is 0. The maximum atomic E-state index is 4.14. The molecule has 1 N–H and O–H groups in total. The number of nitrogens with zero attached hydrogens (tertiary/aromatic N) is 1. The van der Waals surface area contributed by atoms with Crippen molar-refractivity contribution in [3.8, 4) is 0 Å². The smallest absolute Gasteiger partial charge is 0.139 e. The van der Waals surface area contributed by atoms with Gasteiger partial charge in [-0.2, -0.15) is 0 Å². The third-order valence-corrected chi connectivity index (χ3v) is 2.00. The van der Waals surface area contributed by atoms with Gasteiger partial charge in [0, 0.05) is 18.1 Å². The fourth-order valence-corrected chi connectivity index (χ4v) is 1.31. The van der Waals surface area contributed by atoms with Gasteiger partial charge in [-0.1, -0.05) is 0 Å². The van der Waals surface area contributed by atoms with Crippen molar-refractivity contribution in [3.63, 3.8) is 0 Å². The van der Waals surface area contributed by atoms with Gasteiger partial charge in [0.25, 0.3) is 0 Å². The SMILES string of the molecule is CNc1ncccc1SC.Cl.Cl. The van der Waals surface area contributed by atoms with Gasteiger partial charge < -0.3 is 5.32 Å². The van der Waals surface area contributed by atoms with Crippen molar-refractivity contribution in [2.45, 2.75) is 4.90 Å². The lowest BCUT2D eigenvalue weighted by atomic mass is 10.5. The molecular formula is C7H12Cl2N2S. The van der Waals surface area contributed by atoms with Gasteiger partial charge in [-0.05, 0) is 18.4 Å². The molecule has 0 aromatic carbocycles. The van der Waals surface area contributed by atoms with Crippen molar-refractivity contribution in [1.82, 2.24) is 4.98 Å². The van der Waals surface area contributed by atoms with Crippen molar-refractivity contribution in [2.75, 3.05) is 18.6 Å². The molecule has 1 rings (SSSR count). The average Bonchev–Trinajstić information content (AvgIpc) is 2.04. The number of pyridine rings is 1. The predicted octanol–water partition coefficient (Wildman–Crippen LogP) is 2.69. The van der Waals surface area contributed by atoms with E-state index in [1.54, 1.807) is 18.0 Å². The molecular weight excluding hydrogens is 215 g/mol. The Morgan fingerprint density at radius 3 is 2.50 bits per heavy atom. The van der Waals surface area contributed by atoms with Crippen LogP contribution in [0.4, 0.5) is 5.82 Å². The molecule has 1 aromatic heterocycles. The summed E-state index contributed by atoms with van der Waals surface area (Å²) in [6.07, 6.45) is 3.82. The maximum Gasteiger partial charge on any atom is 0.139 e. The summed E-state index contributed by atoms with van der Waals surface area (Å²) in [5, 5.41) is 3.01. The third kappa shape index (κ3) is 3.52. The van der Waals surface area contributed by atoms with Crippen molar-refractivity contribution in [2.24, 2.45) is 0 Å². The van der Waals surface area contributed by atoms with Gasteiger partial charge in [0.1, 0.15) is 5.82 Å². The minimum Gasteiger partial charge on any atom is -0.372 e. The lowest BCUT2D eigenvalue weighted by Gasteiger charge is -2.02. The molecule has 70 valence electrons. The second kappa shape index (κ2) is 7.53. The zero-order valence-electron chi connectivity index (χ0n) is 6.90. The molecule has 1 aromatic rings. The molecule has 0 atom stereocenters. The molecule has 0 saturated carbocycles. The van der Waals surface area contributed by atoms with Crippen molar-refractivity contribution in [3.05, 3.63) is 18.3 Å². The number of aromatic nitrogens is 1. The first kappa shape index (κ1) is 14.4. The van der Waals surface area contributed by atoms with Crippen LogP contribution in [-0.4, -0.2) is 18.3 Å². The van der Waals surface area contributed by atoms with Gasteiger partial charge in [-0.25, -0.2) is 4.98 Å². The highest BCUT2D eigenvalue weighted by Crippen LogP contribution is 2.20. The van der Waals surface area contributed by atoms with E-state index in [1.807, 2.05) is 25.4 Å². The van der Waals surface area contributed by atoms with Gasteiger partial charge >= 0.3 is 0 Å². The van der Waals surface area contributed by atoms with Crippen molar-refractivity contribution >= 4 is 42.4 Å². The first-order valence-corrected chi connectivity index (χ1v) is 4.27. The molecule has 0 aliphatic heterocycles. The molecule has 5 heteroatoms. The molecule has 0 saturated heterocycles. The number of hydrogen-bond donors (Lipinski definition) is 1. The van der Waals surface area contributed by atoms with Crippen LogP contribution in [0.15, 0.2) is 23.2 Å². The summed E-state index contributed by atoms with van der Waals surface area (Å²) in [4.78, 5) is 5.32. The quantitative estimate of drug-likeness (QED) is 0.786. The summed E-state index contributed by atoms with van der Waals surface area (Å²) >= 11 is 1.69. The average molecular weight is 227 g/mol. The normalized spacial score (nSPS) is 7.83. The van der Waals surface area contributed by atoms with E-state index in [0.29, 0.717) is 0 Å². The molecule has 0 bridgehead atoms. The van der Waals surface area contributed by atoms with Gasteiger partial charge in [0.2, 0.25) is 0 Å². The second-order valence-electron chi connectivity index (χ2n) is 1.80. The Balaban J connectivity index is 0. The zero-order chi connectivity index (χ0) is 7.40. The highest BCUT2D eigenvalue weighted by molar-refractivity contribution is 7.98. The van der Waals surface area contributed by atoms with E-state index >= 15 is 0 Å². The molecule has 0 spiro atoms. The van der Waals surface area contributed by atoms with Crippen LogP contribution in [0.2, 0.25) is 0 Å². The second-order valence-corrected chi connectivity index (χ2v) is 2.65. The first-order chi connectivity index (χ1) is 4.88. The van der Waals surface area contributed by atoms with Crippen LogP contribution >= 0.6 is 36.6 Å². The van der Waals surface area contributed by atoms with E-state index in [1.165, 1.54) is 4.90 Å². The molecule has 0 fully saturated rings. The molecule has 0 amide bonds. The Hall–Kier alpha value is -0.120. The molecule has 0 radical (unpaired) electrons. The van der Waals surface area contributed by atoms with E-state index in [-0.39, 0.29) is 24.8 Å². The van der Waals surface area contributed by atoms with Crippen molar-refractivity contribution < 1.29 is 0 Å². The van der Waals surface area contributed by atoms with Crippen LogP contribution in [0, 0.1) is 0 Å². The van der Waals surface area contributed by atoms with Crippen LogP contribution in [-0.2, 0) is 0 Å². The number of thioether (sulfide) groups is 1. The number of nitrogens with one attached hydrogen (secondary N) is 1. The molecule has 1 heterocycles. The number of hydrogen-bond acceptors (Lipinski definition) is 3. The fraction of sp³-hybridized carbons (Fsp3) is 0.286. The minimum absolute atomic E-state index is 0. The van der Waals surface area contributed by atoms with Gasteiger partial charge in [-0.3, -0.25) is 0 Å². The predicted molar refractivity (Wildman–Crippen MR) is 60.1 cm³/mol. The van der Waals surface area contributed by atoms with Crippen molar-refractivity contribution in [1.29, 1.82) is 0 Å². The lowest BCUT2D eigenvalue weighted by Crippen LogP contribution is -1.92. The van der Waals surface area contributed by atoms with Gasteiger partial charge in [-0.15, -0.1) is 36.6 Å². The molecule has 0 aliphatic rings. The Kier molecular flexibility index (Phi) is 9.03. The van der Waals surface area contributed by atoms with Crippen LogP contribution in [0.5, 0.6) is 0 Å².